The average molecular weight is 519 g/mol. The molecule has 1 aliphatic rings. The minimum Gasteiger partial charge on any atom is -0.507 e. The van der Waals surface area contributed by atoms with Gasteiger partial charge in [-0.1, -0.05) is 20.8 Å². The summed E-state index contributed by atoms with van der Waals surface area (Å²) in [7, 11) is -2.18. The quantitative estimate of drug-likeness (QED) is 0.419. The Kier molecular flexibility index (Phi) is 7.89. The number of hydrogen-bond acceptors (Lipinski definition) is 7. The number of nitrogens with zero attached hydrogens (tertiary/aromatic N) is 1. The van der Waals surface area contributed by atoms with Gasteiger partial charge >= 0.3 is 6.03 Å². The molecule has 4 amide bonds. The van der Waals surface area contributed by atoms with Crippen LogP contribution in [0.4, 0.5) is 21.9 Å². The molecule has 12 heteroatoms. The van der Waals surface area contributed by atoms with Gasteiger partial charge in [0.1, 0.15) is 5.75 Å². The maximum Gasteiger partial charge on any atom is 0.328 e. The van der Waals surface area contributed by atoms with Crippen molar-refractivity contribution >= 4 is 44.9 Å². The first-order chi connectivity index (χ1) is 16.8. The Bertz CT molecular complexity index is 1250. The molecule has 0 radical (unpaired) electrons. The van der Waals surface area contributed by atoms with Crippen LogP contribution < -0.4 is 20.3 Å². The number of phenolic OH excluding ortho intramolecular Hbond substituents is 1. The number of sulfonamides is 1. The fraction of sp³-hybridized carbons (Fsp3) is 0.375. The first-order valence-corrected chi connectivity index (χ1v) is 12.9. The fourth-order valence-corrected chi connectivity index (χ4v) is 4.56. The van der Waals surface area contributed by atoms with Crippen molar-refractivity contribution in [3.63, 3.8) is 0 Å². The molecule has 2 aromatic carbocycles. The summed E-state index contributed by atoms with van der Waals surface area (Å²) in [5, 5.41) is 16.2. The van der Waals surface area contributed by atoms with Gasteiger partial charge in [0.15, 0.2) is 0 Å². The number of rotatable bonds is 8. The van der Waals surface area contributed by atoms with Crippen LogP contribution in [0.1, 0.15) is 43.1 Å². The van der Waals surface area contributed by atoms with E-state index in [0.717, 1.165) is 4.90 Å². The van der Waals surface area contributed by atoms with Crippen LogP contribution in [0.2, 0.25) is 0 Å². The van der Waals surface area contributed by atoms with Crippen molar-refractivity contribution in [1.29, 1.82) is 0 Å². The van der Waals surface area contributed by atoms with Gasteiger partial charge in [-0.15, -0.1) is 0 Å². The number of imide groups is 1. The molecule has 1 aliphatic heterocycles. The van der Waals surface area contributed by atoms with E-state index in [1.54, 1.807) is 0 Å². The molecule has 0 bridgehead atoms. The highest BCUT2D eigenvalue weighted by molar-refractivity contribution is 7.92. The van der Waals surface area contributed by atoms with Gasteiger partial charge in [-0.3, -0.25) is 14.3 Å². The summed E-state index contributed by atoms with van der Waals surface area (Å²) in [5.74, 6) is -1.56. The van der Waals surface area contributed by atoms with Gasteiger partial charge < -0.3 is 20.5 Å². The fourth-order valence-electron chi connectivity index (χ4n) is 3.58. The molecule has 0 spiro atoms. The SMILES string of the molecule is COCCS(=O)(=O)Nc1ccc(NC(=O)c2cc(N3C(=O)CCNC3=O)cc(C(C)(C)C)c2O)cc1. The second-order valence-corrected chi connectivity index (χ2v) is 11.1. The third-order valence-corrected chi connectivity index (χ3v) is 6.70. The molecule has 0 aromatic heterocycles. The largest absolute Gasteiger partial charge is 0.507 e. The Balaban J connectivity index is 1.89. The van der Waals surface area contributed by atoms with E-state index in [-0.39, 0.29) is 42.3 Å². The number of amides is 4. The first-order valence-electron chi connectivity index (χ1n) is 11.2. The predicted molar refractivity (Wildman–Crippen MR) is 136 cm³/mol. The number of ether oxygens (including phenoxy) is 1. The number of nitrogens with one attached hydrogen (secondary N) is 3. The standard InChI is InChI=1S/C24H30N4O7S/c1-24(2,3)19-14-17(28-20(29)9-10-25-23(28)32)13-18(21(19)30)22(31)26-15-5-7-16(8-6-15)27-36(33,34)12-11-35-4/h5-8,13-14,27,30H,9-12H2,1-4H3,(H,25,32)(H,26,31). The maximum atomic E-state index is 13.1. The lowest BCUT2D eigenvalue weighted by Gasteiger charge is -2.29. The van der Waals surface area contributed by atoms with Crippen molar-refractivity contribution in [2.24, 2.45) is 0 Å². The number of urea groups is 1. The van der Waals surface area contributed by atoms with Crippen LogP contribution in [0.25, 0.3) is 0 Å². The van der Waals surface area contributed by atoms with Crippen LogP contribution in [0, 0.1) is 0 Å². The zero-order valence-corrected chi connectivity index (χ0v) is 21.4. The van der Waals surface area contributed by atoms with Gasteiger partial charge in [-0.05, 0) is 41.8 Å². The first kappa shape index (κ1) is 27.0. The number of carbonyl (C=O) groups is 3. The lowest BCUT2D eigenvalue weighted by Crippen LogP contribution is -2.50. The van der Waals surface area contributed by atoms with Crippen LogP contribution >= 0.6 is 0 Å². The number of phenols is 1. The number of carbonyl (C=O) groups excluding carboxylic acids is 3. The van der Waals surface area contributed by atoms with Gasteiger partial charge in [-0.2, -0.15) is 0 Å². The highest BCUT2D eigenvalue weighted by Crippen LogP contribution is 2.38. The molecule has 0 unspecified atom stereocenters. The molecular weight excluding hydrogens is 488 g/mol. The van der Waals surface area contributed by atoms with Crippen molar-refractivity contribution in [2.75, 3.05) is 41.0 Å². The molecule has 0 saturated carbocycles. The van der Waals surface area contributed by atoms with Gasteiger partial charge in [0, 0.05) is 37.0 Å². The second-order valence-electron chi connectivity index (χ2n) is 9.30. The van der Waals surface area contributed by atoms with Crippen LogP contribution in [0.5, 0.6) is 5.75 Å². The maximum absolute atomic E-state index is 13.1. The van der Waals surface area contributed by atoms with E-state index in [1.165, 1.54) is 43.5 Å². The average Bonchev–Trinajstić information content (AvgIpc) is 2.78. The Labute approximate surface area is 209 Å². The van der Waals surface area contributed by atoms with E-state index in [0.29, 0.717) is 16.9 Å². The number of benzene rings is 2. The van der Waals surface area contributed by atoms with Crippen LogP contribution in [0.3, 0.4) is 0 Å². The summed E-state index contributed by atoms with van der Waals surface area (Å²) in [6, 6.07) is 8.17. The number of aromatic hydroxyl groups is 1. The zero-order valence-electron chi connectivity index (χ0n) is 20.5. The number of hydrogen-bond donors (Lipinski definition) is 4. The van der Waals surface area contributed by atoms with Crippen molar-refractivity contribution in [2.45, 2.75) is 32.6 Å². The third kappa shape index (κ3) is 6.32. The van der Waals surface area contributed by atoms with Gasteiger partial charge in [0.25, 0.3) is 5.91 Å². The molecule has 4 N–H and O–H groups in total. The van der Waals surface area contributed by atoms with Gasteiger partial charge in [-0.25, -0.2) is 18.1 Å². The van der Waals surface area contributed by atoms with Crippen molar-refractivity contribution in [3.05, 3.63) is 47.5 Å². The highest BCUT2D eigenvalue weighted by Gasteiger charge is 2.31. The lowest BCUT2D eigenvalue weighted by molar-refractivity contribution is -0.118. The van der Waals surface area contributed by atoms with E-state index >= 15 is 0 Å². The molecule has 2 aromatic rings. The Morgan fingerprint density at radius 2 is 1.78 bits per heavy atom. The molecule has 1 saturated heterocycles. The molecule has 0 atom stereocenters. The predicted octanol–water partition coefficient (Wildman–Crippen LogP) is 2.78. The highest BCUT2D eigenvalue weighted by atomic mass is 32.2. The molecule has 1 fully saturated rings. The lowest BCUT2D eigenvalue weighted by atomic mass is 9.84. The normalized spacial score (nSPS) is 14.4. The summed E-state index contributed by atoms with van der Waals surface area (Å²) < 4.78 is 31.2. The minimum absolute atomic E-state index is 0.0489. The van der Waals surface area contributed by atoms with Crippen LogP contribution in [-0.4, -0.2) is 57.4 Å². The molecule has 194 valence electrons. The molecule has 11 nitrogen and oxygen atoms in total. The summed E-state index contributed by atoms with van der Waals surface area (Å²) in [6.07, 6.45) is 0.112. The molecular formula is C24H30N4O7S. The monoisotopic (exact) mass is 518 g/mol. The summed E-state index contributed by atoms with van der Waals surface area (Å²) in [5.41, 5.74) is 0.481. The van der Waals surface area contributed by atoms with E-state index in [9.17, 15) is 27.9 Å². The zero-order chi connectivity index (χ0) is 26.7. The smallest absolute Gasteiger partial charge is 0.328 e. The molecule has 36 heavy (non-hydrogen) atoms. The Morgan fingerprint density at radius 3 is 2.36 bits per heavy atom. The summed E-state index contributed by atoms with van der Waals surface area (Å²) in [6.45, 7) is 5.77. The second kappa shape index (κ2) is 10.5. The van der Waals surface area contributed by atoms with Crippen molar-refractivity contribution in [1.82, 2.24) is 5.32 Å². The van der Waals surface area contributed by atoms with Crippen LogP contribution in [-0.2, 0) is 25.0 Å². The van der Waals surface area contributed by atoms with Gasteiger partial charge in [0.05, 0.1) is 23.6 Å². The van der Waals surface area contributed by atoms with E-state index < -0.39 is 33.3 Å². The molecule has 0 aliphatic carbocycles. The van der Waals surface area contributed by atoms with E-state index in [2.05, 4.69) is 15.4 Å². The summed E-state index contributed by atoms with van der Waals surface area (Å²) in [4.78, 5) is 38.9. The Morgan fingerprint density at radius 1 is 1.14 bits per heavy atom. The van der Waals surface area contributed by atoms with Crippen LogP contribution in [0.15, 0.2) is 36.4 Å². The number of methoxy groups -OCH3 is 1. The van der Waals surface area contributed by atoms with Crippen molar-refractivity contribution in [3.8, 4) is 5.75 Å². The van der Waals surface area contributed by atoms with Gasteiger partial charge in [0.2, 0.25) is 15.9 Å². The molecule has 1 heterocycles. The van der Waals surface area contributed by atoms with E-state index in [1.807, 2.05) is 20.8 Å². The van der Waals surface area contributed by atoms with E-state index in [4.69, 9.17) is 4.74 Å². The van der Waals surface area contributed by atoms with Crippen molar-refractivity contribution < 1.29 is 32.6 Å². The Hall–Kier alpha value is -3.64. The minimum atomic E-state index is -3.58. The summed E-state index contributed by atoms with van der Waals surface area (Å²) >= 11 is 0. The third-order valence-electron chi connectivity index (χ3n) is 5.45. The number of anilines is 3. The molecule has 3 rings (SSSR count). The topological polar surface area (TPSA) is 154 Å².